The molecule has 0 spiro atoms. The van der Waals surface area contributed by atoms with Crippen LogP contribution in [0.4, 0.5) is 5.82 Å². The predicted molar refractivity (Wildman–Crippen MR) is 79.7 cm³/mol. The van der Waals surface area contributed by atoms with Crippen molar-refractivity contribution in [2.45, 2.75) is 38.1 Å². The summed E-state index contributed by atoms with van der Waals surface area (Å²) < 4.78 is 0. The average molecular weight is 290 g/mol. The summed E-state index contributed by atoms with van der Waals surface area (Å²) in [6.45, 7) is 4.44. The largest absolute Gasteiger partial charge is 0.476 e. The van der Waals surface area contributed by atoms with Crippen LogP contribution in [0.25, 0.3) is 0 Å². The highest BCUT2D eigenvalue weighted by Crippen LogP contribution is 2.23. The maximum Gasteiger partial charge on any atom is 0.356 e. The van der Waals surface area contributed by atoms with E-state index in [1.54, 1.807) is 6.20 Å². The highest BCUT2D eigenvalue weighted by atomic mass is 16.4. The van der Waals surface area contributed by atoms with Crippen LogP contribution in [0.1, 0.15) is 42.6 Å². The molecule has 0 amide bonds. The molecular formula is C15H22N4O2. The van der Waals surface area contributed by atoms with Gasteiger partial charge in [0.05, 0.1) is 12.4 Å². The summed E-state index contributed by atoms with van der Waals surface area (Å²) in [6.07, 6.45) is 9.27. The van der Waals surface area contributed by atoms with Gasteiger partial charge in [-0.25, -0.2) is 14.8 Å². The third-order valence-corrected chi connectivity index (χ3v) is 4.55. The molecule has 114 valence electrons. The Morgan fingerprint density at radius 2 is 1.76 bits per heavy atom. The van der Waals surface area contributed by atoms with Gasteiger partial charge < -0.3 is 14.9 Å². The number of piperidine rings is 2. The monoisotopic (exact) mass is 290 g/mol. The fraction of sp³-hybridized carbons (Fsp3) is 0.667. The van der Waals surface area contributed by atoms with E-state index in [4.69, 9.17) is 5.11 Å². The van der Waals surface area contributed by atoms with Crippen molar-refractivity contribution in [3.8, 4) is 0 Å². The smallest absolute Gasteiger partial charge is 0.356 e. The highest BCUT2D eigenvalue weighted by Gasteiger charge is 2.26. The first kappa shape index (κ1) is 14.3. The van der Waals surface area contributed by atoms with E-state index in [0.29, 0.717) is 6.04 Å². The normalized spacial score (nSPS) is 21.4. The molecule has 0 aliphatic carbocycles. The third kappa shape index (κ3) is 3.32. The van der Waals surface area contributed by atoms with Crippen LogP contribution in [-0.2, 0) is 0 Å². The van der Waals surface area contributed by atoms with Crippen LogP contribution in [0.3, 0.4) is 0 Å². The van der Waals surface area contributed by atoms with E-state index in [1.807, 2.05) is 0 Å². The number of hydrogen-bond acceptors (Lipinski definition) is 5. The van der Waals surface area contributed by atoms with E-state index >= 15 is 0 Å². The number of nitrogens with zero attached hydrogens (tertiary/aromatic N) is 4. The van der Waals surface area contributed by atoms with E-state index in [0.717, 1.165) is 31.7 Å². The van der Waals surface area contributed by atoms with E-state index in [-0.39, 0.29) is 5.69 Å². The lowest BCUT2D eigenvalue weighted by Crippen LogP contribution is -2.47. The summed E-state index contributed by atoms with van der Waals surface area (Å²) in [5, 5.41) is 8.84. The summed E-state index contributed by atoms with van der Waals surface area (Å²) in [6, 6.07) is 0.702. The van der Waals surface area contributed by atoms with Gasteiger partial charge in [-0.2, -0.15) is 0 Å². The van der Waals surface area contributed by atoms with Gasteiger partial charge in [-0.3, -0.25) is 0 Å². The van der Waals surface area contributed by atoms with Crippen molar-refractivity contribution in [1.29, 1.82) is 0 Å². The highest BCUT2D eigenvalue weighted by molar-refractivity contribution is 5.84. The van der Waals surface area contributed by atoms with E-state index in [9.17, 15) is 4.79 Å². The minimum atomic E-state index is -1.03. The molecule has 21 heavy (non-hydrogen) atoms. The average Bonchev–Trinajstić information content (AvgIpc) is 2.56. The fourth-order valence-corrected chi connectivity index (χ4v) is 3.34. The minimum absolute atomic E-state index is 0.00181. The standard InChI is InChI=1S/C15H22N4O2/c20-15(21)13-10-17-14(11-16-13)19-8-4-12(5-9-19)18-6-2-1-3-7-18/h10-12H,1-9H2,(H,20,21). The molecule has 0 radical (unpaired) electrons. The van der Waals surface area contributed by atoms with Crippen molar-refractivity contribution in [2.75, 3.05) is 31.1 Å². The number of anilines is 1. The van der Waals surface area contributed by atoms with E-state index < -0.39 is 5.97 Å². The van der Waals surface area contributed by atoms with Crippen LogP contribution in [0, 0.1) is 0 Å². The maximum absolute atomic E-state index is 10.8. The Labute approximate surface area is 124 Å². The van der Waals surface area contributed by atoms with Gasteiger partial charge in [0.25, 0.3) is 0 Å². The Kier molecular flexibility index (Phi) is 4.34. The lowest BCUT2D eigenvalue weighted by molar-refractivity contribution is 0.0690. The molecule has 3 rings (SSSR count). The maximum atomic E-state index is 10.8. The zero-order valence-corrected chi connectivity index (χ0v) is 12.2. The third-order valence-electron chi connectivity index (χ3n) is 4.55. The van der Waals surface area contributed by atoms with Crippen molar-refractivity contribution < 1.29 is 9.90 Å². The molecule has 0 atom stereocenters. The molecule has 2 fully saturated rings. The van der Waals surface area contributed by atoms with E-state index in [2.05, 4.69) is 19.8 Å². The summed E-state index contributed by atoms with van der Waals surface area (Å²) in [5.41, 5.74) is 0.00181. The number of carbonyl (C=O) groups is 1. The molecule has 6 nitrogen and oxygen atoms in total. The van der Waals surface area contributed by atoms with Crippen molar-refractivity contribution in [3.63, 3.8) is 0 Å². The summed E-state index contributed by atoms with van der Waals surface area (Å²) in [4.78, 5) is 23.8. The molecule has 2 aliphatic rings. The second kappa shape index (κ2) is 6.39. The topological polar surface area (TPSA) is 69.6 Å². The van der Waals surface area contributed by atoms with Gasteiger partial charge in [-0.15, -0.1) is 0 Å². The minimum Gasteiger partial charge on any atom is -0.476 e. The number of rotatable bonds is 3. The fourth-order valence-electron chi connectivity index (χ4n) is 3.34. The number of carboxylic acid groups (broad SMARTS) is 1. The Bertz CT molecular complexity index is 477. The van der Waals surface area contributed by atoms with Gasteiger partial charge in [-0.1, -0.05) is 6.42 Å². The van der Waals surface area contributed by atoms with Crippen LogP contribution >= 0.6 is 0 Å². The molecule has 0 bridgehead atoms. The first-order valence-corrected chi connectivity index (χ1v) is 7.78. The second-order valence-corrected chi connectivity index (χ2v) is 5.88. The van der Waals surface area contributed by atoms with Gasteiger partial charge >= 0.3 is 5.97 Å². The van der Waals surface area contributed by atoms with Gasteiger partial charge in [0.2, 0.25) is 0 Å². The molecule has 1 N–H and O–H groups in total. The molecule has 1 aromatic rings. The molecule has 0 unspecified atom stereocenters. The lowest BCUT2D eigenvalue weighted by Gasteiger charge is -2.40. The summed E-state index contributed by atoms with van der Waals surface area (Å²) >= 11 is 0. The van der Waals surface area contributed by atoms with Crippen molar-refractivity contribution in [2.24, 2.45) is 0 Å². The van der Waals surface area contributed by atoms with Gasteiger partial charge in [0, 0.05) is 19.1 Å². The van der Waals surface area contributed by atoms with Gasteiger partial charge in [-0.05, 0) is 38.8 Å². The van der Waals surface area contributed by atoms with Crippen molar-refractivity contribution >= 4 is 11.8 Å². The Morgan fingerprint density at radius 1 is 1.05 bits per heavy atom. The van der Waals surface area contributed by atoms with Crippen LogP contribution < -0.4 is 4.90 Å². The molecule has 1 aromatic heterocycles. The number of aromatic nitrogens is 2. The van der Waals surface area contributed by atoms with Gasteiger partial charge in [0.15, 0.2) is 5.69 Å². The molecule has 2 aliphatic heterocycles. The van der Waals surface area contributed by atoms with E-state index in [1.165, 1.54) is 38.5 Å². The number of aromatic carboxylic acids is 1. The zero-order valence-electron chi connectivity index (χ0n) is 12.2. The summed E-state index contributed by atoms with van der Waals surface area (Å²) in [7, 11) is 0. The first-order chi connectivity index (χ1) is 10.2. The molecule has 3 heterocycles. The SMILES string of the molecule is O=C(O)c1cnc(N2CCC(N3CCCCC3)CC2)cn1. The number of likely N-dealkylation sites (tertiary alicyclic amines) is 1. The molecule has 6 heteroatoms. The second-order valence-electron chi connectivity index (χ2n) is 5.88. The van der Waals surface area contributed by atoms with Crippen LogP contribution in [0.5, 0.6) is 0 Å². The molecule has 0 saturated carbocycles. The Balaban J connectivity index is 1.56. The molecule has 2 saturated heterocycles. The van der Waals surface area contributed by atoms with Crippen molar-refractivity contribution in [3.05, 3.63) is 18.1 Å². The molecular weight excluding hydrogens is 268 g/mol. The number of carboxylic acids is 1. The van der Waals surface area contributed by atoms with Crippen LogP contribution in [0.15, 0.2) is 12.4 Å². The van der Waals surface area contributed by atoms with Gasteiger partial charge in [0.1, 0.15) is 5.82 Å². The zero-order chi connectivity index (χ0) is 14.7. The predicted octanol–water partition coefficient (Wildman–Crippen LogP) is 1.63. The summed E-state index contributed by atoms with van der Waals surface area (Å²) in [5.74, 6) is -0.241. The Hall–Kier alpha value is -1.69. The van der Waals surface area contributed by atoms with Crippen LogP contribution in [-0.4, -0.2) is 58.2 Å². The lowest BCUT2D eigenvalue weighted by atomic mass is 10.00. The molecule has 0 aromatic carbocycles. The quantitative estimate of drug-likeness (QED) is 0.912. The van der Waals surface area contributed by atoms with Crippen LogP contribution in [0.2, 0.25) is 0 Å². The number of hydrogen-bond donors (Lipinski definition) is 1. The Morgan fingerprint density at radius 3 is 2.33 bits per heavy atom. The van der Waals surface area contributed by atoms with Crippen molar-refractivity contribution in [1.82, 2.24) is 14.9 Å². The first-order valence-electron chi connectivity index (χ1n) is 7.78.